The molecule has 0 radical (unpaired) electrons. The van der Waals surface area contributed by atoms with Crippen molar-refractivity contribution in [3.8, 4) is 0 Å². The fourth-order valence-corrected chi connectivity index (χ4v) is 1.98. The Balaban J connectivity index is 2.34. The zero-order chi connectivity index (χ0) is 12.4. The lowest BCUT2D eigenvalue weighted by Gasteiger charge is -2.09. The summed E-state index contributed by atoms with van der Waals surface area (Å²) >= 11 is 17.6. The SMILES string of the molecule is Nc1ccc(Cl)nc1Nc1cc(Cl)cc(Cl)c1. The van der Waals surface area contributed by atoms with Crippen molar-refractivity contribution >= 4 is 52.0 Å². The molecule has 0 bridgehead atoms. The molecule has 3 N–H and O–H groups in total. The van der Waals surface area contributed by atoms with Crippen LogP contribution in [0.3, 0.4) is 0 Å². The van der Waals surface area contributed by atoms with Crippen molar-refractivity contribution in [1.82, 2.24) is 4.98 Å². The molecule has 0 saturated carbocycles. The van der Waals surface area contributed by atoms with Crippen LogP contribution < -0.4 is 11.1 Å². The van der Waals surface area contributed by atoms with E-state index in [-0.39, 0.29) is 0 Å². The molecule has 17 heavy (non-hydrogen) atoms. The van der Waals surface area contributed by atoms with E-state index in [1.807, 2.05) is 0 Å². The largest absolute Gasteiger partial charge is 0.396 e. The third-order valence-electron chi connectivity index (χ3n) is 2.02. The Bertz CT molecular complexity index is 537. The molecule has 0 spiro atoms. The molecule has 3 nitrogen and oxygen atoms in total. The first-order valence-electron chi connectivity index (χ1n) is 4.70. The number of anilines is 3. The standard InChI is InChI=1S/C11H8Cl3N3/c12-6-3-7(13)5-8(4-6)16-11-9(15)1-2-10(14)17-11/h1-5H,15H2,(H,16,17). The Morgan fingerprint density at radius 2 is 1.65 bits per heavy atom. The minimum absolute atomic E-state index is 0.356. The van der Waals surface area contributed by atoms with Gasteiger partial charge in [0.05, 0.1) is 5.69 Å². The summed E-state index contributed by atoms with van der Waals surface area (Å²) in [5.74, 6) is 0.468. The lowest BCUT2D eigenvalue weighted by Crippen LogP contribution is -1.99. The van der Waals surface area contributed by atoms with Crippen LogP contribution in [-0.2, 0) is 0 Å². The highest BCUT2D eigenvalue weighted by molar-refractivity contribution is 6.35. The molecule has 6 heteroatoms. The Kier molecular flexibility index (Phi) is 3.62. The number of benzene rings is 1. The summed E-state index contributed by atoms with van der Waals surface area (Å²) in [4.78, 5) is 4.07. The van der Waals surface area contributed by atoms with Crippen molar-refractivity contribution in [3.63, 3.8) is 0 Å². The van der Waals surface area contributed by atoms with Crippen LogP contribution in [0, 0.1) is 0 Å². The summed E-state index contributed by atoms with van der Waals surface area (Å²) in [6.45, 7) is 0. The first-order chi connectivity index (χ1) is 8.04. The predicted octanol–water partition coefficient (Wildman–Crippen LogP) is 4.37. The highest BCUT2D eigenvalue weighted by Gasteiger charge is 2.04. The molecule has 0 fully saturated rings. The van der Waals surface area contributed by atoms with Crippen molar-refractivity contribution in [2.75, 3.05) is 11.1 Å². The van der Waals surface area contributed by atoms with Crippen LogP contribution >= 0.6 is 34.8 Å². The lowest BCUT2D eigenvalue weighted by molar-refractivity contribution is 1.31. The maximum atomic E-state index is 5.89. The molecule has 2 aromatic rings. The van der Waals surface area contributed by atoms with Crippen molar-refractivity contribution in [2.24, 2.45) is 0 Å². The fourth-order valence-electron chi connectivity index (χ4n) is 1.31. The zero-order valence-electron chi connectivity index (χ0n) is 8.55. The van der Waals surface area contributed by atoms with E-state index in [0.717, 1.165) is 0 Å². The highest BCUT2D eigenvalue weighted by Crippen LogP contribution is 2.27. The predicted molar refractivity (Wildman–Crippen MR) is 73.4 cm³/mol. The average molecular weight is 289 g/mol. The molecule has 88 valence electrons. The van der Waals surface area contributed by atoms with Gasteiger partial charge >= 0.3 is 0 Å². The topological polar surface area (TPSA) is 50.9 Å². The molecular formula is C11H8Cl3N3. The quantitative estimate of drug-likeness (QED) is 0.807. The van der Waals surface area contributed by atoms with Gasteiger partial charge in [0.1, 0.15) is 5.15 Å². The van der Waals surface area contributed by atoms with E-state index in [4.69, 9.17) is 40.5 Å². The van der Waals surface area contributed by atoms with E-state index in [1.54, 1.807) is 30.3 Å². The van der Waals surface area contributed by atoms with Crippen molar-refractivity contribution in [3.05, 3.63) is 45.5 Å². The molecule has 0 atom stereocenters. The lowest BCUT2D eigenvalue weighted by atomic mass is 10.3. The van der Waals surface area contributed by atoms with Gasteiger partial charge in [-0.2, -0.15) is 0 Å². The Hall–Kier alpha value is -1.16. The van der Waals surface area contributed by atoms with Gasteiger partial charge in [-0.05, 0) is 30.3 Å². The van der Waals surface area contributed by atoms with E-state index in [2.05, 4.69) is 10.3 Å². The molecule has 0 amide bonds. The summed E-state index contributed by atoms with van der Waals surface area (Å²) in [5.41, 5.74) is 6.95. The summed E-state index contributed by atoms with van der Waals surface area (Å²) in [6, 6.07) is 8.37. The number of nitrogens with one attached hydrogen (secondary N) is 1. The first kappa shape index (κ1) is 12.3. The fraction of sp³-hybridized carbons (Fsp3) is 0. The summed E-state index contributed by atoms with van der Waals surface area (Å²) in [7, 11) is 0. The van der Waals surface area contributed by atoms with Gasteiger partial charge in [0.15, 0.2) is 5.82 Å². The molecular weight excluding hydrogens is 281 g/mol. The molecule has 0 aliphatic rings. The summed E-state index contributed by atoms with van der Waals surface area (Å²) in [5, 5.41) is 4.42. The second-order valence-corrected chi connectivity index (χ2v) is 4.62. The number of hydrogen-bond donors (Lipinski definition) is 2. The summed E-state index contributed by atoms with van der Waals surface area (Å²) in [6.07, 6.45) is 0. The summed E-state index contributed by atoms with van der Waals surface area (Å²) < 4.78 is 0. The van der Waals surface area contributed by atoms with Gasteiger partial charge in [-0.3, -0.25) is 0 Å². The Morgan fingerprint density at radius 1 is 1.00 bits per heavy atom. The number of nitrogens with zero attached hydrogens (tertiary/aromatic N) is 1. The Morgan fingerprint density at radius 3 is 2.29 bits per heavy atom. The second kappa shape index (κ2) is 5.00. The molecule has 0 aliphatic heterocycles. The number of pyridine rings is 1. The molecule has 1 aromatic carbocycles. The van der Waals surface area contributed by atoms with Crippen molar-refractivity contribution in [2.45, 2.75) is 0 Å². The first-order valence-corrected chi connectivity index (χ1v) is 5.83. The third-order valence-corrected chi connectivity index (χ3v) is 2.66. The van der Waals surface area contributed by atoms with Crippen LogP contribution in [0.4, 0.5) is 17.2 Å². The maximum Gasteiger partial charge on any atom is 0.155 e. The van der Waals surface area contributed by atoms with E-state index in [0.29, 0.717) is 32.4 Å². The zero-order valence-corrected chi connectivity index (χ0v) is 10.8. The van der Waals surface area contributed by atoms with Crippen LogP contribution in [0.25, 0.3) is 0 Å². The van der Waals surface area contributed by atoms with Crippen molar-refractivity contribution < 1.29 is 0 Å². The van der Waals surface area contributed by atoms with Gasteiger partial charge in [-0.25, -0.2) is 4.98 Å². The van der Waals surface area contributed by atoms with Gasteiger partial charge in [0.2, 0.25) is 0 Å². The second-order valence-electron chi connectivity index (χ2n) is 3.35. The number of nitrogen functional groups attached to an aromatic ring is 1. The molecule has 0 aliphatic carbocycles. The van der Waals surface area contributed by atoms with Crippen LogP contribution in [0.15, 0.2) is 30.3 Å². The van der Waals surface area contributed by atoms with E-state index >= 15 is 0 Å². The number of nitrogens with two attached hydrogens (primary N) is 1. The van der Waals surface area contributed by atoms with E-state index in [1.165, 1.54) is 0 Å². The van der Waals surface area contributed by atoms with Gasteiger partial charge < -0.3 is 11.1 Å². The average Bonchev–Trinajstić information content (AvgIpc) is 2.22. The number of rotatable bonds is 2. The highest BCUT2D eigenvalue weighted by atomic mass is 35.5. The minimum atomic E-state index is 0.356. The van der Waals surface area contributed by atoms with Crippen LogP contribution in [0.1, 0.15) is 0 Å². The maximum absolute atomic E-state index is 5.89. The third kappa shape index (κ3) is 3.16. The van der Waals surface area contributed by atoms with Gasteiger partial charge in [0, 0.05) is 15.7 Å². The number of halogens is 3. The van der Waals surface area contributed by atoms with Crippen LogP contribution in [-0.4, -0.2) is 4.98 Å². The van der Waals surface area contributed by atoms with Gasteiger partial charge in [-0.15, -0.1) is 0 Å². The Labute approximate surface area is 114 Å². The molecule has 0 saturated heterocycles. The normalized spacial score (nSPS) is 10.3. The molecule has 0 unspecified atom stereocenters. The molecule has 2 rings (SSSR count). The number of aromatic nitrogens is 1. The van der Waals surface area contributed by atoms with Crippen molar-refractivity contribution in [1.29, 1.82) is 0 Å². The minimum Gasteiger partial charge on any atom is -0.396 e. The smallest absolute Gasteiger partial charge is 0.155 e. The van der Waals surface area contributed by atoms with Gasteiger partial charge in [0.25, 0.3) is 0 Å². The number of hydrogen-bond acceptors (Lipinski definition) is 3. The monoisotopic (exact) mass is 287 g/mol. The molecule has 1 aromatic heterocycles. The van der Waals surface area contributed by atoms with Crippen LogP contribution in [0.2, 0.25) is 15.2 Å². The van der Waals surface area contributed by atoms with E-state index in [9.17, 15) is 0 Å². The van der Waals surface area contributed by atoms with Gasteiger partial charge in [-0.1, -0.05) is 34.8 Å². The van der Waals surface area contributed by atoms with E-state index < -0.39 is 0 Å². The molecule has 1 heterocycles. The van der Waals surface area contributed by atoms with Crippen LogP contribution in [0.5, 0.6) is 0 Å².